The fourth-order valence-electron chi connectivity index (χ4n) is 8.06. The van der Waals surface area contributed by atoms with Crippen LogP contribution < -0.4 is 0 Å². The van der Waals surface area contributed by atoms with Crippen LogP contribution in [0.25, 0.3) is 0 Å². The Hall–Kier alpha value is -1.81. The van der Waals surface area contributed by atoms with Crippen LogP contribution in [-0.2, 0) is 0 Å². The SMILES string of the molecule is CCCCCCCCCC(=O)c1c(C)c(C(C)Cl)c(C(=O)CCCCCCCCC)c(C(=O)CCCCCCCCC)c1C(=O)CCCCCCCCC. The molecule has 310 valence electrons. The molecule has 4 nitrogen and oxygen atoms in total. The molecule has 0 bridgehead atoms. The Kier molecular flexibility index (Phi) is 30.0. The monoisotopic (exact) mass is 771 g/mol. The maximum atomic E-state index is 14.6. The number of rotatable bonds is 37. The number of Topliss-reactive ketones (excluding diaryl/α,β-unsaturated/α-hetero) is 4. The molecular formula is C49H83ClO4. The minimum Gasteiger partial charge on any atom is -0.294 e. The first-order valence-electron chi connectivity index (χ1n) is 23.1. The lowest BCUT2D eigenvalue weighted by Crippen LogP contribution is -2.24. The van der Waals surface area contributed by atoms with E-state index in [4.69, 9.17) is 11.6 Å². The zero-order chi connectivity index (χ0) is 40.0. The number of ketones is 4. The van der Waals surface area contributed by atoms with Crippen molar-refractivity contribution < 1.29 is 19.2 Å². The Morgan fingerprint density at radius 1 is 0.370 bits per heavy atom. The third-order valence-electron chi connectivity index (χ3n) is 11.3. The maximum Gasteiger partial charge on any atom is 0.164 e. The van der Waals surface area contributed by atoms with Gasteiger partial charge in [0.2, 0.25) is 0 Å². The van der Waals surface area contributed by atoms with E-state index in [-0.39, 0.29) is 47.1 Å². The summed E-state index contributed by atoms with van der Waals surface area (Å²) in [6.45, 7) is 12.6. The molecule has 0 aliphatic heterocycles. The summed E-state index contributed by atoms with van der Waals surface area (Å²) in [6, 6.07) is 0. The van der Waals surface area contributed by atoms with E-state index in [1.807, 2.05) is 13.8 Å². The van der Waals surface area contributed by atoms with Crippen molar-refractivity contribution in [2.75, 3.05) is 0 Å². The molecular weight excluding hydrogens is 688 g/mol. The first-order chi connectivity index (χ1) is 26.2. The smallest absolute Gasteiger partial charge is 0.164 e. The van der Waals surface area contributed by atoms with Gasteiger partial charge in [-0.25, -0.2) is 0 Å². The van der Waals surface area contributed by atoms with E-state index in [9.17, 15) is 19.2 Å². The Bertz CT molecular complexity index is 1200. The van der Waals surface area contributed by atoms with Gasteiger partial charge >= 0.3 is 0 Å². The van der Waals surface area contributed by atoms with Crippen molar-refractivity contribution in [2.24, 2.45) is 0 Å². The highest BCUT2D eigenvalue weighted by Gasteiger charge is 2.34. The molecule has 0 saturated carbocycles. The normalized spacial score (nSPS) is 12.0. The number of hydrogen-bond acceptors (Lipinski definition) is 4. The molecule has 0 aliphatic rings. The quantitative estimate of drug-likeness (QED) is 0.0384. The van der Waals surface area contributed by atoms with Crippen LogP contribution in [0.2, 0.25) is 0 Å². The fraction of sp³-hybridized carbons (Fsp3) is 0.796. The summed E-state index contributed by atoms with van der Waals surface area (Å²) in [4.78, 5) is 57.9. The Morgan fingerprint density at radius 3 is 0.870 bits per heavy atom. The first kappa shape index (κ1) is 50.2. The number of alkyl halides is 1. The topological polar surface area (TPSA) is 68.3 Å². The molecule has 0 heterocycles. The van der Waals surface area contributed by atoms with Crippen molar-refractivity contribution in [3.63, 3.8) is 0 Å². The van der Waals surface area contributed by atoms with Crippen LogP contribution in [0.15, 0.2) is 0 Å². The lowest BCUT2D eigenvalue weighted by Gasteiger charge is -2.25. The number of carbonyl (C=O) groups excluding carboxylic acids is 4. The molecule has 1 aromatic rings. The van der Waals surface area contributed by atoms with E-state index >= 15 is 0 Å². The average molecular weight is 772 g/mol. The fourth-order valence-corrected chi connectivity index (χ4v) is 8.33. The van der Waals surface area contributed by atoms with Crippen LogP contribution in [-0.4, -0.2) is 23.1 Å². The minimum absolute atomic E-state index is 0.0846. The molecule has 0 amide bonds. The van der Waals surface area contributed by atoms with Crippen LogP contribution >= 0.6 is 11.6 Å². The number of halogens is 1. The van der Waals surface area contributed by atoms with E-state index in [1.54, 1.807) is 0 Å². The van der Waals surface area contributed by atoms with Gasteiger partial charge < -0.3 is 0 Å². The molecule has 0 N–H and O–H groups in total. The van der Waals surface area contributed by atoms with Gasteiger partial charge in [-0.1, -0.05) is 182 Å². The maximum absolute atomic E-state index is 14.6. The molecule has 0 fully saturated rings. The molecule has 54 heavy (non-hydrogen) atoms. The number of carbonyl (C=O) groups is 4. The van der Waals surface area contributed by atoms with Gasteiger partial charge in [-0.15, -0.1) is 11.6 Å². The highest BCUT2D eigenvalue weighted by Crippen LogP contribution is 2.38. The van der Waals surface area contributed by atoms with E-state index in [0.29, 0.717) is 41.5 Å². The highest BCUT2D eigenvalue weighted by atomic mass is 35.5. The van der Waals surface area contributed by atoms with E-state index in [1.165, 1.54) is 89.9 Å². The molecule has 5 heteroatoms. The minimum atomic E-state index is -0.583. The molecule has 0 aromatic heterocycles. The molecule has 1 rings (SSSR count). The van der Waals surface area contributed by atoms with Gasteiger partial charge in [-0.3, -0.25) is 19.2 Å². The Balaban J connectivity index is 3.65. The summed E-state index contributed by atoms with van der Waals surface area (Å²) in [6.07, 6.45) is 31.5. The predicted octanol–water partition coefficient (Wildman–Crippen LogP) is 16.6. The summed E-state index contributed by atoms with van der Waals surface area (Å²) in [5.41, 5.74) is 2.38. The third-order valence-corrected chi connectivity index (χ3v) is 11.6. The largest absolute Gasteiger partial charge is 0.294 e. The van der Waals surface area contributed by atoms with Crippen molar-refractivity contribution >= 4 is 34.7 Å². The lowest BCUT2D eigenvalue weighted by atomic mass is 9.77. The van der Waals surface area contributed by atoms with Crippen LogP contribution in [0.1, 0.15) is 298 Å². The molecule has 1 unspecified atom stereocenters. The Labute approximate surface area is 338 Å². The van der Waals surface area contributed by atoms with Gasteiger partial charge in [0.05, 0.1) is 5.38 Å². The van der Waals surface area contributed by atoms with Crippen LogP contribution in [0.3, 0.4) is 0 Å². The number of benzene rings is 1. The zero-order valence-corrected chi connectivity index (χ0v) is 37.0. The molecule has 1 aromatic carbocycles. The summed E-state index contributed by atoms with van der Waals surface area (Å²) >= 11 is 6.94. The molecule has 0 spiro atoms. The van der Waals surface area contributed by atoms with Gasteiger partial charge in [-0.05, 0) is 50.7 Å². The summed E-state index contributed by atoms with van der Waals surface area (Å²) < 4.78 is 0. The third kappa shape index (κ3) is 19.9. The Morgan fingerprint density at radius 2 is 0.593 bits per heavy atom. The number of hydrogen-bond donors (Lipinski definition) is 0. The number of unbranched alkanes of at least 4 members (excludes halogenated alkanes) is 24. The van der Waals surface area contributed by atoms with Gasteiger partial charge in [0.1, 0.15) is 0 Å². The van der Waals surface area contributed by atoms with Crippen LogP contribution in [0.5, 0.6) is 0 Å². The van der Waals surface area contributed by atoms with E-state index < -0.39 is 5.38 Å². The van der Waals surface area contributed by atoms with Gasteiger partial charge in [0.15, 0.2) is 23.1 Å². The van der Waals surface area contributed by atoms with Crippen molar-refractivity contribution in [2.45, 2.75) is 252 Å². The molecule has 0 saturated heterocycles. The van der Waals surface area contributed by atoms with Crippen LogP contribution in [0.4, 0.5) is 0 Å². The second-order valence-corrected chi connectivity index (χ2v) is 17.0. The van der Waals surface area contributed by atoms with Crippen molar-refractivity contribution in [1.82, 2.24) is 0 Å². The molecule has 1 atom stereocenters. The van der Waals surface area contributed by atoms with Crippen LogP contribution in [0, 0.1) is 6.92 Å². The first-order valence-corrected chi connectivity index (χ1v) is 23.6. The van der Waals surface area contributed by atoms with Gasteiger partial charge in [-0.2, -0.15) is 0 Å². The van der Waals surface area contributed by atoms with Crippen molar-refractivity contribution in [3.8, 4) is 0 Å². The standard InChI is InChI=1S/C49H83ClO4/c1-7-11-15-19-23-27-31-35-41(51)46-39(5)45(40(6)50)47(42(52)36-32-28-24-20-16-12-8-2)49(44(54)38-34-30-26-22-18-14-10-4)48(46)43(53)37-33-29-25-21-17-13-9-3/h40H,7-38H2,1-6H3. The molecule has 0 radical (unpaired) electrons. The van der Waals surface area contributed by atoms with Gasteiger partial charge in [0, 0.05) is 47.9 Å². The zero-order valence-electron chi connectivity index (χ0n) is 36.2. The molecule has 0 aliphatic carbocycles. The second-order valence-electron chi connectivity index (χ2n) is 16.3. The van der Waals surface area contributed by atoms with Gasteiger partial charge in [0.25, 0.3) is 0 Å². The predicted molar refractivity (Wildman–Crippen MR) is 233 cm³/mol. The van der Waals surface area contributed by atoms with Crippen molar-refractivity contribution in [1.29, 1.82) is 0 Å². The summed E-state index contributed by atoms with van der Waals surface area (Å²) in [5.74, 6) is -0.513. The average Bonchev–Trinajstić information content (AvgIpc) is 3.15. The second kappa shape index (κ2) is 32.3. The summed E-state index contributed by atoms with van der Waals surface area (Å²) in [5, 5.41) is -0.583. The van der Waals surface area contributed by atoms with Crippen molar-refractivity contribution in [3.05, 3.63) is 33.4 Å². The lowest BCUT2D eigenvalue weighted by molar-refractivity contribution is 0.0921. The highest BCUT2D eigenvalue weighted by molar-refractivity contribution is 6.25. The van der Waals surface area contributed by atoms with E-state index in [0.717, 1.165) is 83.5 Å². The van der Waals surface area contributed by atoms with E-state index in [2.05, 4.69) is 27.7 Å². The summed E-state index contributed by atoms with van der Waals surface area (Å²) in [7, 11) is 0.